The SMILES string of the molecule is CCNC(=O)CN1CCCCCC1c1ccc(OC)cc1. The van der Waals surface area contributed by atoms with E-state index in [1.165, 1.54) is 24.8 Å². The van der Waals surface area contributed by atoms with Gasteiger partial charge in [-0.2, -0.15) is 0 Å². The molecule has 4 heteroatoms. The van der Waals surface area contributed by atoms with Gasteiger partial charge in [0.2, 0.25) is 5.91 Å². The fraction of sp³-hybridized carbons (Fsp3) is 0.588. The number of likely N-dealkylation sites (tertiary alicyclic amines) is 1. The average Bonchev–Trinajstić information content (AvgIpc) is 2.73. The Balaban J connectivity index is 2.12. The Kier molecular flexibility index (Phi) is 6.05. The van der Waals surface area contributed by atoms with Gasteiger partial charge in [-0.25, -0.2) is 0 Å². The molecule has 1 atom stereocenters. The number of likely N-dealkylation sites (N-methyl/N-ethyl adjacent to an activating group) is 1. The highest BCUT2D eigenvalue weighted by molar-refractivity contribution is 5.78. The standard InChI is InChI=1S/C17H26N2O2/c1-3-18-17(20)13-19-12-6-4-5-7-16(19)14-8-10-15(21-2)11-9-14/h8-11,16H,3-7,12-13H2,1-2H3,(H,18,20). The van der Waals surface area contributed by atoms with Gasteiger partial charge in [0.05, 0.1) is 13.7 Å². The second-order valence-corrected chi connectivity index (χ2v) is 5.56. The van der Waals surface area contributed by atoms with Crippen LogP contribution in [0, 0.1) is 0 Å². The number of methoxy groups -OCH3 is 1. The van der Waals surface area contributed by atoms with Crippen molar-refractivity contribution >= 4 is 5.91 Å². The van der Waals surface area contributed by atoms with E-state index in [1.54, 1.807) is 7.11 Å². The molecular formula is C17H26N2O2. The second kappa shape index (κ2) is 8.03. The number of nitrogens with one attached hydrogen (secondary N) is 1. The maximum Gasteiger partial charge on any atom is 0.234 e. The third kappa shape index (κ3) is 4.46. The molecule has 0 bridgehead atoms. The molecule has 1 aromatic rings. The van der Waals surface area contributed by atoms with Gasteiger partial charge in [-0.3, -0.25) is 9.69 Å². The molecule has 1 unspecified atom stereocenters. The lowest BCUT2D eigenvalue weighted by Crippen LogP contribution is -2.39. The topological polar surface area (TPSA) is 41.6 Å². The number of carbonyl (C=O) groups excluding carboxylic acids is 1. The molecule has 0 saturated carbocycles. The van der Waals surface area contributed by atoms with Crippen LogP contribution in [0.25, 0.3) is 0 Å². The van der Waals surface area contributed by atoms with Crippen molar-refractivity contribution < 1.29 is 9.53 Å². The fourth-order valence-corrected chi connectivity index (χ4v) is 3.00. The minimum absolute atomic E-state index is 0.123. The van der Waals surface area contributed by atoms with E-state index in [1.807, 2.05) is 19.1 Å². The molecule has 0 spiro atoms. The van der Waals surface area contributed by atoms with Crippen molar-refractivity contribution in [1.82, 2.24) is 10.2 Å². The van der Waals surface area contributed by atoms with Crippen LogP contribution in [0.2, 0.25) is 0 Å². The predicted molar refractivity (Wildman–Crippen MR) is 84.5 cm³/mol. The van der Waals surface area contributed by atoms with Crippen LogP contribution in [0.3, 0.4) is 0 Å². The van der Waals surface area contributed by atoms with Crippen molar-refractivity contribution in [1.29, 1.82) is 0 Å². The summed E-state index contributed by atoms with van der Waals surface area (Å²) in [6.07, 6.45) is 4.76. The minimum atomic E-state index is 0.123. The Labute approximate surface area is 127 Å². The van der Waals surface area contributed by atoms with Crippen LogP contribution < -0.4 is 10.1 Å². The van der Waals surface area contributed by atoms with Crippen molar-refractivity contribution in [3.8, 4) is 5.75 Å². The van der Waals surface area contributed by atoms with Crippen molar-refractivity contribution in [3.63, 3.8) is 0 Å². The first kappa shape index (κ1) is 15.8. The molecule has 116 valence electrons. The van der Waals surface area contributed by atoms with Gasteiger partial charge in [-0.15, -0.1) is 0 Å². The number of nitrogens with zero attached hydrogens (tertiary/aromatic N) is 1. The summed E-state index contributed by atoms with van der Waals surface area (Å²) in [5, 5.41) is 2.90. The normalized spacial score (nSPS) is 19.8. The van der Waals surface area contributed by atoms with Crippen LogP contribution in [0.1, 0.15) is 44.2 Å². The van der Waals surface area contributed by atoms with Gasteiger partial charge in [0.15, 0.2) is 0 Å². The molecule has 1 heterocycles. The number of rotatable bonds is 5. The van der Waals surface area contributed by atoms with Crippen molar-refractivity contribution in [2.45, 2.75) is 38.6 Å². The van der Waals surface area contributed by atoms with Crippen LogP contribution in [0.15, 0.2) is 24.3 Å². The maximum atomic E-state index is 11.9. The third-order valence-corrected chi connectivity index (χ3v) is 4.08. The highest BCUT2D eigenvalue weighted by atomic mass is 16.5. The van der Waals surface area contributed by atoms with Gasteiger partial charge in [-0.1, -0.05) is 25.0 Å². The molecule has 1 aromatic carbocycles. The number of hydrogen-bond acceptors (Lipinski definition) is 3. The van der Waals surface area contributed by atoms with Gasteiger partial charge >= 0.3 is 0 Å². The minimum Gasteiger partial charge on any atom is -0.497 e. The van der Waals surface area contributed by atoms with E-state index in [2.05, 4.69) is 22.3 Å². The molecule has 1 saturated heterocycles. The highest BCUT2D eigenvalue weighted by Gasteiger charge is 2.24. The van der Waals surface area contributed by atoms with Gasteiger partial charge < -0.3 is 10.1 Å². The van der Waals surface area contributed by atoms with E-state index in [-0.39, 0.29) is 5.91 Å². The Hall–Kier alpha value is -1.55. The molecule has 21 heavy (non-hydrogen) atoms. The number of hydrogen-bond donors (Lipinski definition) is 1. The fourth-order valence-electron chi connectivity index (χ4n) is 3.00. The Morgan fingerprint density at radius 3 is 2.71 bits per heavy atom. The zero-order chi connectivity index (χ0) is 15.1. The smallest absolute Gasteiger partial charge is 0.234 e. The van der Waals surface area contributed by atoms with E-state index >= 15 is 0 Å². The molecule has 1 amide bonds. The number of benzene rings is 1. The van der Waals surface area contributed by atoms with Crippen LogP contribution in [0.4, 0.5) is 0 Å². The lowest BCUT2D eigenvalue weighted by molar-refractivity contribution is -0.122. The lowest BCUT2D eigenvalue weighted by Gasteiger charge is -2.29. The van der Waals surface area contributed by atoms with Crippen LogP contribution in [-0.2, 0) is 4.79 Å². The van der Waals surface area contributed by atoms with Crippen molar-refractivity contribution in [2.75, 3.05) is 26.7 Å². The monoisotopic (exact) mass is 290 g/mol. The molecule has 1 fully saturated rings. The Morgan fingerprint density at radius 1 is 1.29 bits per heavy atom. The Morgan fingerprint density at radius 2 is 2.05 bits per heavy atom. The number of ether oxygens (including phenoxy) is 1. The average molecular weight is 290 g/mol. The molecule has 4 nitrogen and oxygen atoms in total. The first-order valence-corrected chi connectivity index (χ1v) is 7.89. The summed E-state index contributed by atoms with van der Waals surface area (Å²) in [7, 11) is 1.68. The van der Waals surface area contributed by atoms with Gasteiger partial charge in [0.1, 0.15) is 5.75 Å². The maximum absolute atomic E-state index is 11.9. The second-order valence-electron chi connectivity index (χ2n) is 5.56. The van der Waals surface area contributed by atoms with Crippen LogP contribution in [0.5, 0.6) is 5.75 Å². The summed E-state index contributed by atoms with van der Waals surface area (Å²) in [6, 6.07) is 8.59. The quantitative estimate of drug-likeness (QED) is 0.906. The molecule has 1 N–H and O–H groups in total. The molecule has 0 radical (unpaired) electrons. The summed E-state index contributed by atoms with van der Waals surface area (Å²) in [6.45, 7) is 4.14. The highest BCUT2D eigenvalue weighted by Crippen LogP contribution is 2.30. The molecule has 0 aromatic heterocycles. The first-order valence-electron chi connectivity index (χ1n) is 7.89. The van der Waals surface area contributed by atoms with Crippen molar-refractivity contribution in [2.24, 2.45) is 0 Å². The number of amides is 1. The summed E-state index contributed by atoms with van der Waals surface area (Å²) < 4.78 is 5.23. The molecular weight excluding hydrogens is 264 g/mol. The summed E-state index contributed by atoms with van der Waals surface area (Å²) in [4.78, 5) is 14.2. The van der Waals surface area contributed by atoms with E-state index in [4.69, 9.17) is 4.74 Å². The first-order chi connectivity index (χ1) is 10.2. The van der Waals surface area contributed by atoms with E-state index in [0.717, 1.165) is 18.7 Å². The van der Waals surface area contributed by atoms with Crippen LogP contribution >= 0.6 is 0 Å². The summed E-state index contributed by atoms with van der Waals surface area (Å²) in [5.41, 5.74) is 1.28. The lowest BCUT2D eigenvalue weighted by atomic mass is 10.0. The van der Waals surface area contributed by atoms with Crippen molar-refractivity contribution in [3.05, 3.63) is 29.8 Å². The van der Waals surface area contributed by atoms with Gasteiger partial charge in [-0.05, 0) is 44.0 Å². The molecule has 1 aliphatic rings. The molecule has 2 rings (SSSR count). The van der Waals surface area contributed by atoms with Gasteiger partial charge in [0.25, 0.3) is 0 Å². The van der Waals surface area contributed by atoms with E-state index in [0.29, 0.717) is 19.1 Å². The largest absolute Gasteiger partial charge is 0.497 e. The van der Waals surface area contributed by atoms with E-state index < -0.39 is 0 Å². The van der Waals surface area contributed by atoms with Gasteiger partial charge in [0, 0.05) is 12.6 Å². The molecule has 1 aliphatic heterocycles. The molecule has 0 aliphatic carbocycles. The Bertz CT molecular complexity index is 445. The summed E-state index contributed by atoms with van der Waals surface area (Å²) in [5.74, 6) is 1.00. The van der Waals surface area contributed by atoms with Crippen LogP contribution in [-0.4, -0.2) is 37.6 Å². The zero-order valence-electron chi connectivity index (χ0n) is 13.1. The third-order valence-electron chi connectivity index (χ3n) is 4.08. The predicted octanol–water partition coefficient (Wildman–Crippen LogP) is 2.75. The zero-order valence-corrected chi connectivity index (χ0v) is 13.1. The number of carbonyl (C=O) groups is 1. The van der Waals surface area contributed by atoms with E-state index in [9.17, 15) is 4.79 Å². The summed E-state index contributed by atoms with van der Waals surface area (Å²) >= 11 is 0.